The number of thioether (sulfide) groups is 1. The minimum absolute atomic E-state index is 0.694. The lowest BCUT2D eigenvalue weighted by atomic mass is 10.2. The Kier molecular flexibility index (Phi) is 7.19. The molecule has 0 bridgehead atoms. The average Bonchev–Trinajstić information content (AvgIpc) is 2.55. The lowest BCUT2D eigenvalue weighted by molar-refractivity contribution is 0.380. The highest BCUT2D eigenvalue weighted by atomic mass is 35.5. The van der Waals surface area contributed by atoms with Crippen molar-refractivity contribution in [1.82, 2.24) is 4.90 Å². The maximum Gasteiger partial charge on any atom is 0.191 e. The Morgan fingerprint density at radius 3 is 2.50 bits per heavy atom. The molecule has 2 N–H and O–H groups in total. The molecule has 0 saturated carbocycles. The number of halogens is 1. The first-order valence-electron chi connectivity index (χ1n) is 7.75. The fraction of sp³-hybridized carbons (Fsp3) is 0.562. The molecule has 0 spiro atoms. The van der Waals surface area contributed by atoms with Gasteiger partial charge in [-0.15, -0.1) is 0 Å². The normalized spacial score (nSPS) is 16.2. The van der Waals surface area contributed by atoms with Crippen LogP contribution in [-0.2, 0) is 0 Å². The number of piperazine rings is 1. The highest BCUT2D eigenvalue weighted by Crippen LogP contribution is 2.19. The second kappa shape index (κ2) is 9.16. The molecule has 6 heteroatoms. The van der Waals surface area contributed by atoms with Crippen molar-refractivity contribution in [2.45, 2.75) is 12.8 Å². The van der Waals surface area contributed by atoms with Crippen LogP contribution in [0.4, 0.5) is 5.69 Å². The van der Waals surface area contributed by atoms with Crippen LogP contribution in [-0.4, -0.2) is 55.6 Å². The molecule has 1 saturated heterocycles. The van der Waals surface area contributed by atoms with E-state index in [2.05, 4.69) is 33.2 Å². The van der Waals surface area contributed by atoms with Gasteiger partial charge in [0.15, 0.2) is 5.96 Å². The highest BCUT2D eigenvalue weighted by molar-refractivity contribution is 7.98. The second-order valence-electron chi connectivity index (χ2n) is 5.39. The van der Waals surface area contributed by atoms with Crippen molar-refractivity contribution in [2.75, 3.05) is 49.6 Å². The molecule has 0 unspecified atom stereocenters. The third-order valence-electron chi connectivity index (χ3n) is 3.83. The summed E-state index contributed by atoms with van der Waals surface area (Å²) < 4.78 is 0. The van der Waals surface area contributed by atoms with Crippen molar-refractivity contribution in [3.63, 3.8) is 0 Å². The molecule has 1 fully saturated rings. The van der Waals surface area contributed by atoms with Crippen LogP contribution in [0.5, 0.6) is 0 Å². The Morgan fingerprint density at radius 1 is 1.18 bits per heavy atom. The number of benzene rings is 1. The number of hydrogen-bond donors (Lipinski definition) is 1. The predicted molar refractivity (Wildman–Crippen MR) is 99.3 cm³/mol. The summed E-state index contributed by atoms with van der Waals surface area (Å²) in [6.45, 7) is 4.60. The zero-order valence-electron chi connectivity index (χ0n) is 13.2. The maximum absolute atomic E-state index is 6.10. The van der Waals surface area contributed by atoms with Crippen molar-refractivity contribution in [3.8, 4) is 0 Å². The number of nitrogens with zero attached hydrogens (tertiary/aromatic N) is 3. The number of nitrogens with two attached hydrogens (primary N) is 1. The molecule has 22 heavy (non-hydrogen) atoms. The SMILES string of the molecule is CSCCCCN=C(N)N1CCN(c2ccc(Cl)cc2)CC1. The molecule has 2 rings (SSSR count). The molecule has 0 atom stereocenters. The quantitative estimate of drug-likeness (QED) is 0.491. The molecule has 0 aliphatic carbocycles. The van der Waals surface area contributed by atoms with Gasteiger partial charge in [-0.1, -0.05) is 11.6 Å². The summed E-state index contributed by atoms with van der Waals surface area (Å²) >= 11 is 7.82. The Morgan fingerprint density at radius 2 is 1.86 bits per heavy atom. The number of aliphatic imine (C=N–C) groups is 1. The van der Waals surface area contributed by atoms with Gasteiger partial charge in [0, 0.05) is 43.4 Å². The van der Waals surface area contributed by atoms with Crippen LogP contribution in [0.2, 0.25) is 5.02 Å². The first kappa shape index (κ1) is 17.3. The van der Waals surface area contributed by atoms with Crippen molar-refractivity contribution in [1.29, 1.82) is 0 Å². The third-order valence-corrected chi connectivity index (χ3v) is 4.77. The van der Waals surface area contributed by atoms with Gasteiger partial charge in [0.25, 0.3) is 0 Å². The fourth-order valence-electron chi connectivity index (χ4n) is 2.50. The molecule has 1 aromatic carbocycles. The predicted octanol–water partition coefficient (Wildman–Crippen LogP) is 2.92. The van der Waals surface area contributed by atoms with Crippen molar-refractivity contribution in [3.05, 3.63) is 29.3 Å². The topological polar surface area (TPSA) is 44.9 Å². The molecule has 1 aliphatic heterocycles. The van der Waals surface area contributed by atoms with Gasteiger partial charge < -0.3 is 15.5 Å². The van der Waals surface area contributed by atoms with Crippen LogP contribution in [0.15, 0.2) is 29.3 Å². The Labute approximate surface area is 142 Å². The van der Waals surface area contributed by atoms with Crippen molar-refractivity contribution < 1.29 is 0 Å². The van der Waals surface area contributed by atoms with E-state index in [0.717, 1.165) is 44.2 Å². The Hall–Kier alpha value is -1.07. The lowest BCUT2D eigenvalue weighted by Gasteiger charge is -2.36. The largest absolute Gasteiger partial charge is 0.370 e. The minimum Gasteiger partial charge on any atom is -0.370 e. The van der Waals surface area contributed by atoms with E-state index in [1.807, 2.05) is 23.9 Å². The van der Waals surface area contributed by atoms with Gasteiger partial charge in [0.05, 0.1) is 0 Å². The third kappa shape index (κ3) is 5.29. The van der Waals surface area contributed by atoms with Crippen molar-refractivity contribution >= 4 is 35.0 Å². The van der Waals surface area contributed by atoms with E-state index >= 15 is 0 Å². The number of rotatable bonds is 6. The number of anilines is 1. The summed E-state index contributed by atoms with van der Waals surface area (Å²) in [5.74, 6) is 1.90. The number of unbranched alkanes of at least 4 members (excludes halogenated alkanes) is 1. The molecule has 4 nitrogen and oxygen atoms in total. The molecular weight excluding hydrogens is 316 g/mol. The molecule has 0 amide bonds. The summed E-state index contributed by atoms with van der Waals surface area (Å²) in [6.07, 6.45) is 4.46. The van der Waals surface area contributed by atoms with Gasteiger partial charge in [-0.25, -0.2) is 0 Å². The van der Waals surface area contributed by atoms with Crippen LogP contribution in [0.1, 0.15) is 12.8 Å². The van der Waals surface area contributed by atoms with E-state index in [0.29, 0.717) is 5.96 Å². The smallest absolute Gasteiger partial charge is 0.191 e. The van der Waals surface area contributed by atoms with Gasteiger partial charge in [-0.3, -0.25) is 4.99 Å². The lowest BCUT2D eigenvalue weighted by Crippen LogP contribution is -2.51. The van der Waals surface area contributed by atoms with E-state index in [-0.39, 0.29) is 0 Å². The zero-order valence-corrected chi connectivity index (χ0v) is 14.7. The number of guanidine groups is 1. The van der Waals surface area contributed by atoms with Gasteiger partial charge in [-0.2, -0.15) is 11.8 Å². The minimum atomic E-state index is 0.694. The first-order chi connectivity index (χ1) is 10.7. The summed E-state index contributed by atoms with van der Waals surface area (Å²) in [4.78, 5) is 9.05. The fourth-order valence-corrected chi connectivity index (χ4v) is 3.12. The summed E-state index contributed by atoms with van der Waals surface area (Å²) in [5, 5.41) is 0.778. The van der Waals surface area contributed by atoms with Gasteiger partial charge in [-0.05, 0) is 49.1 Å². The average molecular weight is 341 g/mol. The van der Waals surface area contributed by atoms with E-state index in [4.69, 9.17) is 17.3 Å². The van der Waals surface area contributed by atoms with E-state index in [1.165, 1.54) is 17.9 Å². The molecule has 0 aromatic heterocycles. The molecular formula is C16H25ClN4S. The van der Waals surface area contributed by atoms with E-state index in [1.54, 1.807) is 0 Å². The zero-order chi connectivity index (χ0) is 15.8. The highest BCUT2D eigenvalue weighted by Gasteiger charge is 2.18. The van der Waals surface area contributed by atoms with Crippen LogP contribution >= 0.6 is 23.4 Å². The summed E-state index contributed by atoms with van der Waals surface area (Å²) in [5.41, 5.74) is 7.32. The Balaban J connectivity index is 1.76. The molecule has 1 heterocycles. The summed E-state index contributed by atoms with van der Waals surface area (Å²) in [6, 6.07) is 8.02. The van der Waals surface area contributed by atoms with Crippen molar-refractivity contribution in [2.24, 2.45) is 10.7 Å². The van der Waals surface area contributed by atoms with Crippen LogP contribution in [0, 0.1) is 0 Å². The number of hydrogen-bond acceptors (Lipinski definition) is 3. The monoisotopic (exact) mass is 340 g/mol. The van der Waals surface area contributed by atoms with E-state index in [9.17, 15) is 0 Å². The molecule has 1 aliphatic rings. The molecule has 1 aromatic rings. The van der Waals surface area contributed by atoms with Crippen LogP contribution in [0.25, 0.3) is 0 Å². The van der Waals surface area contributed by atoms with E-state index < -0.39 is 0 Å². The molecule has 122 valence electrons. The van der Waals surface area contributed by atoms with Gasteiger partial charge in [0.1, 0.15) is 0 Å². The maximum atomic E-state index is 6.10. The van der Waals surface area contributed by atoms with Crippen LogP contribution < -0.4 is 10.6 Å². The van der Waals surface area contributed by atoms with Crippen LogP contribution in [0.3, 0.4) is 0 Å². The van der Waals surface area contributed by atoms with Gasteiger partial charge in [0.2, 0.25) is 0 Å². The summed E-state index contributed by atoms with van der Waals surface area (Å²) in [7, 11) is 0. The van der Waals surface area contributed by atoms with Gasteiger partial charge >= 0.3 is 0 Å². The molecule has 0 radical (unpaired) electrons. The standard InChI is InChI=1S/C16H25ClN4S/c1-22-13-3-2-8-19-16(18)21-11-9-20(10-12-21)15-6-4-14(17)5-7-15/h4-7H,2-3,8-13H2,1H3,(H2,18,19). The Bertz CT molecular complexity index is 470. The second-order valence-corrected chi connectivity index (χ2v) is 6.81. The first-order valence-corrected chi connectivity index (χ1v) is 9.52.